The van der Waals surface area contributed by atoms with Crippen molar-refractivity contribution in [3.05, 3.63) is 242 Å². The van der Waals surface area contributed by atoms with Gasteiger partial charge in [0.05, 0.1) is 0 Å². The number of benzene rings is 2. The van der Waals surface area contributed by atoms with Gasteiger partial charge in [0, 0.05) is 71.2 Å². The number of H-pyrrole nitrogens is 4. The Hall–Kier alpha value is -8.72. The summed E-state index contributed by atoms with van der Waals surface area (Å²) in [5.74, 6) is 0.644. The molecule has 0 radical (unpaired) electrons. The highest BCUT2D eigenvalue weighted by molar-refractivity contribution is 7.59. The van der Waals surface area contributed by atoms with Gasteiger partial charge in [-0.25, -0.2) is 0 Å². The van der Waals surface area contributed by atoms with Crippen LogP contribution in [-0.4, -0.2) is 55.4 Å². The van der Waals surface area contributed by atoms with Crippen molar-refractivity contribution >= 4 is 71.4 Å². The van der Waals surface area contributed by atoms with E-state index in [0.29, 0.717) is 17.9 Å². The molecule has 6 aromatic rings. The normalized spacial score (nSPS) is 15.8. The molecule has 6 aliphatic carbocycles. The van der Waals surface area contributed by atoms with Crippen LogP contribution in [0.3, 0.4) is 0 Å². The summed E-state index contributed by atoms with van der Waals surface area (Å²) in [4.78, 5) is 14.6. The minimum atomic E-state index is -3.11. The number of aromatic hydroxyl groups is 2. The van der Waals surface area contributed by atoms with Gasteiger partial charge in [0.25, 0.3) is 0 Å². The predicted octanol–water partition coefficient (Wildman–Crippen LogP) is 14.9. The van der Waals surface area contributed by atoms with Gasteiger partial charge in [0.2, 0.25) is 0 Å². The predicted molar refractivity (Wildman–Crippen MR) is 321 cm³/mol. The maximum atomic E-state index is 11.3. The van der Waals surface area contributed by atoms with Crippen LogP contribution in [0.1, 0.15) is 142 Å². The van der Waals surface area contributed by atoms with Crippen molar-refractivity contribution in [3.63, 3.8) is 0 Å². The lowest BCUT2D eigenvalue weighted by Gasteiger charge is -2.11. The minimum Gasteiger partial charge on any atom is -0.508 e. The second-order valence-corrected chi connectivity index (χ2v) is 20.7. The minimum absolute atomic E-state index is 0. The molecule has 0 atom stereocenters. The lowest BCUT2D eigenvalue weighted by Crippen LogP contribution is -1.93. The molecule has 4 aromatic heterocycles. The Labute approximate surface area is 465 Å². The molecule has 0 spiro atoms. The smallest absolute Gasteiger partial charge is 0.425 e. The molecule has 14 heteroatoms. The second kappa shape index (κ2) is 25.2. The van der Waals surface area contributed by atoms with Crippen molar-refractivity contribution in [2.24, 2.45) is 0 Å². The van der Waals surface area contributed by atoms with Crippen molar-refractivity contribution in [3.8, 4) is 11.5 Å². The number of phenols is 2. The molecule has 406 valence electrons. The molecule has 4 heterocycles. The Kier molecular flexibility index (Phi) is 18.5. The van der Waals surface area contributed by atoms with E-state index in [0.717, 1.165) is 90.0 Å². The monoisotopic (exact) mass is 1090 g/mol. The summed E-state index contributed by atoms with van der Waals surface area (Å²) < 4.78 is 50.7. The zero-order chi connectivity index (χ0) is 53.0. The fourth-order valence-electron chi connectivity index (χ4n) is 10.6. The van der Waals surface area contributed by atoms with Crippen LogP contribution < -0.4 is 0 Å². The molecule has 0 aliphatic heterocycles. The Morgan fingerprint density at radius 2 is 0.658 bits per heavy atom. The molecular weight excluding hydrogens is 1030 g/mol. The Balaban J connectivity index is 0.000000772. The third-order valence-corrected chi connectivity index (χ3v) is 14.6. The molecule has 0 saturated carbocycles. The first kappa shape index (κ1) is 58.0. The Morgan fingerprint density at radius 1 is 0.354 bits per heavy atom. The van der Waals surface area contributed by atoms with E-state index in [1.54, 1.807) is 0 Å². The molecule has 12 rings (SSSR count). The molecule has 6 N–H and O–H groups in total. The van der Waals surface area contributed by atoms with Crippen LogP contribution in [0, 0.1) is 0 Å². The van der Waals surface area contributed by atoms with E-state index in [1.807, 2.05) is 12.1 Å². The van der Waals surface area contributed by atoms with E-state index in [9.17, 15) is 10.2 Å². The molecule has 0 fully saturated rings. The van der Waals surface area contributed by atoms with Gasteiger partial charge in [-0.3, -0.25) is 0 Å². The lowest BCUT2D eigenvalue weighted by molar-refractivity contribution is 0.468. The molecule has 79 heavy (non-hydrogen) atoms. The van der Waals surface area contributed by atoms with Gasteiger partial charge >= 0.3 is 21.2 Å². The Bertz CT molecular complexity index is 3950. The highest BCUT2D eigenvalue weighted by atomic mass is 32.2. The summed E-state index contributed by atoms with van der Waals surface area (Å²) in [6, 6.07) is 29.6. The van der Waals surface area contributed by atoms with Gasteiger partial charge < -0.3 is 30.1 Å². The van der Waals surface area contributed by atoms with Crippen LogP contribution in [0.15, 0.2) is 175 Å². The van der Waals surface area contributed by atoms with E-state index < -0.39 is 21.2 Å². The molecule has 0 saturated heterocycles. The number of aromatic nitrogens is 4. The summed E-state index contributed by atoms with van der Waals surface area (Å²) in [5, 5.41) is 22.4. The van der Waals surface area contributed by atoms with Crippen LogP contribution in [-0.2, 0) is 34.1 Å². The fraction of sp³-hybridized carbons (Fsp3) is 0.200. The first-order valence-corrected chi connectivity index (χ1v) is 26.9. The quantitative estimate of drug-likeness (QED) is 0.0654. The van der Waals surface area contributed by atoms with E-state index in [1.165, 1.54) is 89.7 Å². The van der Waals surface area contributed by atoms with Crippen LogP contribution >= 0.6 is 0 Å². The van der Waals surface area contributed by atoms with Crippen molar-refractivity contribution in [1.29, 1.82) is 0 Å². The first-order valence-electron chi connectivity index (χ1n) is 24.9. The van der Waals surface area contributed by atoms with E-state index >= 15 is 0 Å². The van der Waals surface area contributed by atoms with Crippen molar-refractivity contribution in [2.45, 2.75) is 87.5 Å². The largest absolute Gasteiger partial charge is 0.508 e. The van der Waals surface area contributed by atoms with Gasteiger partial charge in [-0.1, -0.05) is 136 Å². The summed E-state index contributed by atoms with van der Waals surface area (Å²) in [5.41, 5.74) is 28.5. The summed E-state index contributed by atoms with van der Waals surface area (Å²) in [7, 11) is -6.22. The fourth-order valence-corrected chi connectivity index (χ4v) is 10.6. The van der Waals surface area contributed by atoms with Gasteiger partial charge in [0.15, 0.2) is 0 Å². The average Bonchev–Trinajstić information content (AvgIpc) is 4.34. The molecule has 2 aromatic carbocycles. The molecule has 0 bridgehead atoms. The van der Waals surface area contributed by atoms with E-state index in [4.69, 9.17) is 25.3 Å². The van der Waals surface area contributed by atoms with Crippen molar-refractivity contribution in [1.82, 2.24) is 19.9 Å². The zero-order valence-corrected chi connectivity index (χ0v) is 43.5. The van der Waals surface area contributed by atoms with E-state index in [-0.39, 0.29) is 22.3 Å². The summed E-state index contributed by atoms with van der Waals surface area (Å²) in [6.45, 7) is 4.36. The van der Waals surface area contributed by atoms with Crippen molar-refractivity contribution < 1.29 is 35.5 Å². The third kappa shape index (κ3) is 13.7. The summed E-state index contributed by atoms with van der Waals surface area (Å²) >= 11 is 0. The second-order valence-electron chi connectivity index (χ2n) is 19.8. The van der Waals surface area contributed by atoms with Crippen LogP contribution in [0.2, 0.25) is 0 Å². The maximum Gasteiger partial charge on any atom is 0.425 e. The first-order chi connectivity index (χ1) is 36.7. The lowest BCUT2D eigenvalue weighted by atomic mass is 9.96. The standard InChI is InChI=1S/C62H54N4O2.3CH4.2O3S/c1-37-3-6-44(27-37)55-21-23-57(64-55)46-8-5-39(29-46)30-51-17-11-42(35-61(51)67)40-9-13-47(31-40)54-20-19-53(63-54)34-52-18-12-43(36-62(52)68)41-10-14-48(32-41)58-25-26-60(66-58)50-16-15-49(33-50)59-24-22-56(65-59)45-7-4-38(2)28-45;;;;2*1-4(2)3/h3-26,35-36,63-68H,27-34H2,1-2H3;3*1H4;;. The number of rotatable bonds is 13. The summed E-state index contributed by atoms with van der Waals surface area (Å²) in [6.07, 6.45) is 33.1. The number of hydrogen-bond donors (Lipinski definition) is 6. The number of nitrogens with one attached hydrogen (secondary N) is 4. The maximum absolute atomic E-state index is 11.3. The number of allylic oxidation sites excluding steroid dienone is 24. The Morgan fingerprint density at radius 3 is 1.04 bits per heavy atom. The van der Waals surface area contributed by atoms with Crippen LogP contribution in [0.4, 0.5) is 0 Å². The van der Waals surface area contributed by atoms with Crippen LogP contribution in [0.5, 0.6) is 11.5 Å². The number of aromatic amines is 4. The molecule has 0 amide bonds. The number of phenolic OH excluding ortho intramolecular Hbond substituents is 2. The van der Waals surface area contributed by atoms with Gasteiger partial charge in [0.1, 0.15) is 11.5 Å². The molecule has 12 nitrogen and oxygen atoms in total. The molecular formula is C65H66N4O8S2. The highest BCUT2D eigenvalue weighted by Crippen LogP contribution is 2.41. The SMILES string of the molecule is C.C.C.CC1=CC=C(c2ccc(C3=CC=C(Cc4ccc(C5=CC=C(c6ccc(Cc7ccc(C8=CC=C(c9ccc(C%10=CC=C(c%11ccc(C%12=CC=C(C)C%12)[nH]%11)C%10)[nH]9)C8)cc7O)[nH]6)C5)cc4O)C3)[nH]2)C1.O=S(=O)=O.O=S(=O)=O. The van der Waals surface area contributed by atoms with Gasteiger partial charge in [-0.2, -0.15) is 0 Å². The topological polar surface area (TPSA) is 206 Å². The van der Waals surface area contributed by atoms with E-state index in [2.05, 4.69) is 179 Å². The van der Waals surface area contributed by atoms with Crippen LogP contribution in [0.25, 0.3) is 50.2 Å². The molecule has 0 unspecified atom stereocenters. The molecule has 6 aliphatic rings. The highest BCUT2D eigenvalue weighted by Gasteiger charge is 2.22. The third-order valence-electron chi connectivity index (χ3n) is 14.6. The average molecular weight is 1100 g/mol. The zero-order valence-electron chi connectivity index (χ0n) is 41.8. The van der Waals surface area contributed by atoms with Gasteiger partial charge in [-0.15, -0.1) is 25.3 Å². The number of hydrogen-bond acceptors (Lipinski definition) is 8. The van der Waals surface area contributed by atoms with Crippen molar-refractivity contribution in [2.75, 3.05) is 0 Å². The van der Waals surface area contributed by atoms with Gasteiger partial charge in [-0.05, 0) is 173 Å².